The lowest BCUT2D eigenvalue weighted by atomic mass is 9.89. The van der Waals surface area contributed by atoms with Crippen LogP contribution in [0.3, 0.4) is 0 Å². The molecule has 1 N–H and O–H groups in total. The van der Waals surface area contributed by atoms with Crippen LogP contribution in [0.25, 0.3) is 0 Å². The molecule has 1 saturated heterocycles. The van der Waals surface area contributed by atoms with Crippen molar-refractivity contribution in [2.45, 2.75) is 18.8 Å². The lowest BCUT2D eigenvalue weighted by molar-refractivity contribution is 0.0703. The average molecular weight is 284 g/mol. The zero-order valence-corrected chi connectivity index (χ0v) is 12.2. The number of piperidine rings is 1. The third-order valence-electron chi connectivity index (χ3n) is 4.31. The highest BCUT2D eigenvalue weighted by molar-refractivity contribution is 5.92. The van der Waals surface area contributed by atoms with E-state index in [0.29, 0.717) is 11.7 Å². The SMILES string of the molecule is Cn1cccc1C(=O)N1CCC(c2ccc(O)cc2)CC1. The van der Waals surface area contributed by atoms with Crippen molar-refractivity contribution < 1.29 is 9.90 Å². The predicted molar refractivity (Wildman–Crippen MR) is 81.4 cm³/mol. The summed E-state index contributed by atoms with van der Waals surface area (Å²) >= 11 is 0. The van der Waals surface area contributed by atoms with Gasteiger partial charge in [0.25, 0.3) is 5.91 Å². The number of carbonyl (C=O) groups is 1. The summed E-state index contributed by atoms with van der Waals surface area (Å²) in [6.07, 6.45) is 3.85. The second-order valence-corrected chi connectivity index (χ2v) is 5.66. The summed E-state index contributed by atoms with van der Waals surface area (Å²) in [4.78, 5) is 14.4. The van der Waals surface area contributed by atoms with E-state index >= 15 is 0 Å². The maximum absolute atomic E-state index is 12.4. The number of aromatic nitrogens is 1. The highest BCUT2D eigenvalue weighted by atomic mass is 16.3. The Morgan fingerprint density at radius 2 is 1.81 bits per heavy atom. The molecule has 1 aromatic carbocycles. The van der Waals surface area contributed by atoms with Crippen molar-refractivity contribution in [2.24, 2.45) is 7.05 Å². The van der Waals surface area contributed by atoms with Crippen molar-refractivity contribution in [3.63, 3.8) is 0 Å². The Morgan fingerprint density at radius 3 is 2.38 bits per heavy atom. The number of hydrogen-bond acceptors (Lipinski definition) is 2. The van der Waals surface area contributed by atoms with Crippen molar-refractivity contribution in [2.75, 3.05) is 13.1 Å². The number of phenols is 1. The number of carbonyl (C=O) groups excluding carboxylic acids is 1. The van der Waals surface area contributed by atoms with Gasteiger partial charge in [-0.25, -0.2) is 0 Å². The molecule has 1 aliphatic rings. The van der Waals surface area contributed by atoms with E-state index in [1.807, 2.05) is 47.0 Å². The smallest absolute Gasteiger partial charge is 0.270 e. The minimum Gasteiger partial charge on any atom is -0.508 e. The topological polar surface area (TPSA) is 45.5 Å². The Bertz CT molecular complexity index is 622. The first-order valence-electron chi connectivity index (χ1n) is 7.34. The number of phenolic OH excluding ortho intramolecular Hbond substituents is 1. The molecule has 1 aliphatic heterocycles. The van der Waals surface area contributed by atoms with E-state index in [1.54, 1.807) is 12.1 Å². The molecular formula is C17H20N2O2. The van der Waals surface area contributed by atoms with Crippen LogP contribution in [0, 0.1) is 0 Å². The minimum atomic E-state index is 0.117. The summed E-state index contributed by atoms with van der Waals surface area (Å²) in [5.74, 6) is 0.893. The van der Waals surface area contributed by atoms with Gasteiger partial charge in [-0.1, -0.05) is 12.1 Å². The first-order chi connectivity index (χ1) is 10.1. The molecule has 0 saturated carbocycles. The molecule has 4 nitrogen and oxygen atoms in total. The van der Waals surface area contributed by atoms with Gasteiger partial charge in [-0.15, -0.1) is 0 Å². The van der Waals surface area contributed by atoms with Crippen LogP contribution in [0.15, 0.2) is 42.6 Å². The summed E-state index contributed by atoms with van der Waals surface area (Å²) in [5, 5.41) is 9.35. The molecular weight excluding hydrogens is 264 g/mol. The summed E-state index contributed by atoms with van der Waals surface area (Å²) in [7, 11) is 1.90. The summed E-state index contributed by atoms with van der Waals surface area (Å²) in [6, 6.07) is 11.2. The quantitative estimate of drug-likeness (QED) is 0.921. The molecule has 1 aromatic heterocycles. The number of benzene rings is 1. The van der Waals surface area contributed by atoms with Crippen molar-refractivity contribution in [3.05, 3.63) is 53.9 Å². The maximum atomic E-state index is 12.4. The Kier molecular flexibility index (Phi) is 3.69. The predicted octanol–water partition coefficient (Wildman–Crippen LogP) is 2.75. The average Bonchev–Trinajstić information content (AvgIpc) is 2.94. The van der Waals surface area contributed by atoms with E-state index in [1.165, 1.54) is 5.56 Å². The highest BCUT2D eigenvalue weighted by Crippen LogP contribution is 2.29. The van der Waals surface area contributed by atoms with Crippen molar-refractivity contribution >= 4 is 5.91 Å². The molecule has 0 unspecified atom stereocenters. The van der Waals surface area contributed by atoms with E-state index < -0.39 is 0 Å². The summed E-state index contributed by atoms with van der Waals surface area (Å²) < 4.78 is 1.87. The molecule has 21 heavy (non-hydrogen) atoms. The van der Waals surface area contributed by atoms with Gasteiger partial charge in [-0.2, -0.15) is 0 Å². The van der Waals surface area contributed by atoms with Gasteiger partial charge in [0.05, 0.1) is 0 Å². The summed E-state index contributed by atoms with van der Waals surface area (Å²) in [5.41, 5.74) is 2.00. The Morgan fingerprint density at radius 1 is 1.14 bits per heavy atom. The minimum absolute atomic E-state index is 0.117. The molecule has 0 atom stereocenters. The molecule has 4 heteroatoms. The van der Waals surface area contributed by atoms with Gasteiger partial charge in [-0.3, -0.25) is 4.79 Å². The Hall–Kier alpha value is -2.23. The molecule has 110 valence electrons. The van der Waals surface area contributed by atoms with E-state index in [0.717, 1.165) is 31.6 Å². The largest absolute Gasteiger partial charge is 0.508 e. The lowest BCUT2D eigenvalue weighted by Crippen LogP contribution is -2.38. The highest BCUT2D eigenvalue weighted by Gasteiger charge is 2.25. The van der Waals surface area contributed by atoms with Crippen LogP contribution in [0.2, 0.25) is 0 Å². The molecule has 0 aliphatic carbocycles. The van der Waals surface area contributed by atoms with Gasteiger partial charge in [0, 0.05) is 26.3 Å². The molecule has 1 amide bonds. The lowest BCUT2D eigenvalue weighted by Gasteiger charge is -2.32. The van der Waals surface area contributed by atoms with Crippen LogP contribution >= 0.6 is 0 Å². The number of rotatable bonds is 2. The van der Waals surface area contributed by atoms with Crippen LogP contribution < -0.4 is 0 Å². The van der Waals surface area contributed by atoms with Crippen LogP contribution in [-0.4, -0.2) is 33.6 Å². The third kappa shape index (κ3) is 2.79. The molecule has 1 fully saturated rings. The van der Waals surface area contributed by atoms with Crippen LogP contribution in [0.1, 0.15) is 34.8 Å². The molecule has 2 heterocycles. The number of likely N-dealkylation sites (tertiary alicyclic amines) is 1. The fourth-order valence-corrected chi connectivity index (χ4v) is 3.01. The van der Waals surface area contributed by atoms with E-state index in [4.69, 9.17) is 0 Å². The zero-order valence-electron chi connectivity index (χ0n) is 12.2. The van der Waals surface area contributed by atoms with Crippen LogP contribution in [0.5, 0.6) is 5.75 Å². The molecule has 0 bridgehead atoms. The number of aromatic hydroxyl groups is 1. The van der Waals surface area contributed by atoms with Crippen LogP contribution in [0.4, 0.5) is 0 Å². The summed E-state index contributed by atoms with van der Waals surface area (Å²) in [6.45, 7) is 1.57. The molecule has 0 spiro atoms. The van der Waals surface area contributed by atoms with Gasteiger partial charge in [0.15, 0.2) is 0 Å². The van der Waals surface area contributed by atoms with Gasteiger partial charge in [-0.05, 0) is 48.6 Å². The normalized spacial score (nSPS) is 16.1. The first kappa shape index (κ1) is 13.7. The fraction of sp³-hybridized carbons (Fsp3) is 0.353. The standard InChI is InChI=1S/C17H20N2O2/c1-18-10-2-3-16(18)17(21)19-11-8-14(9-12-19)13-4-6-15(20)7-5-13/h2-7,10,14,20H,8-9,11-12H2,1H3. The maximum Gasteiger partial charge on any atom is 0.270 e. The zero-order chi connectivity index (χ0) is 14.8. The Balaban J connectivity index is 1.64. The monoisotopic (exact) mass is 284 g/mol. The van der Waals surface area contributed by atoms with Crippen molar-refractivity contribution in [1.82, 2.24) is 9.47 Å². The molecule has 0 radical (unpaired) electrons. The molecule has 2 aromatic rings. The fourth-order valence-electron chi connectivity index (χ4n) is 3.01. The van der Waals surface area contributed by atoms with E-state index in [9.17, 15) is 9.90 Å². The van der Waals surface area contributed by atoms with E-state index in [2.05, 4.69) is 0 Å². The third-order valence-corrected chi connectivity index (χ3v) is 4.31. The van der Waals surface area contributed by atoms with Gasteiger partial charge >= 0.3 is 0 Å². The first-order valence-corrected chi connectivity index (χ1v) is 7.34. The number of hydrogen-bond donors (Lipinski definition) is 1. The second kappa shape index (κ2) is 5.64. The number of amides is 1. The Labute approximate surface area is 124 Å². The van der Waals surface area contributed by atoms with Gasteiger partial charge in [0.1, 0.15) is 11.4 Å². The molecule has 3 rings (SSSR count). The second-order valence-electron chi connectivity index (χ2n) is 5.66. The van der Waals surface area contributed by atoms with Crippen LogP contribution in [-0.2, 0) is 7.05 Å². The van der Waals surface area contributed by atoms with E-state index in [-0.39, 0.29) is 5.91 Å². The van der Waals surface area contributed by atoms with Crippen molar-refractivity contribution in [3.8, 4) is 5.75 Å². The number of aryl methyl sites for hydroxylation is 1. The van der Waals surface area contributed by atoms with Gasteiger partial charge in [0.2, 0.25) is 0 Å². The number of nitrogens with zero attached hydrogens (tertiary/aromatic N) is 2. The van der Waals surface area contributed by atoms with Crippen molar-refractivity contribution in [1.29, 1.82) is 0 Å². The van der Waals surface area contributed by atoms with Gasteiger partial charge < -0.3 is 14.6 Å².